The summed E-state index contributed by atoms with van der Waals surface area (Å²) in [5.41, 5.74) is 2.46. The maximum Gasteiger partial charge on any atom is 0.283 e. The second-order valence-electron chi connectivity index (χ2n) is 6.00. The zero-order chi connectivity index (χ0) is 20.6. The number of hydrogen-bond acceptors (Lipinski definition) is 5. The molecule has 0 aliphatic rings. The van der Waals surface area contributed by atoms with E-state index in [2.05, 4.69) is 5.16 Å². The Labute approximate surface area is 182 Å². The summed E-state index contributed by atoms with van der Waals surface area (Å²) < 4.78 is 0. The van der Waals surface area contributed by atoms with Gasteiger partial charge in [0.05, 0.1) is 16.0 Å². The van der Waals surface area contributed by atoms with E-state index in [1.807, 2.05) is 30.3 Å². The average molecular weight is 447 g/mol. The Morgan fingerprint density at radius 3 is 2.59 bits per heavy atom. The fourth-order valence-corrected chi connectivity index (χ4v) is 3.88. The second kappa shape index (κ2) is 10.3. The molecule has 148 valence electrons. The summed E-state index contributed by atoms with van der Waals surface area (Å²) in [5.74, 6) is 0.653. The number of hydrogen-bond donors (Lipinski definition) is 0. The van der Waals surface area contributed by atoms with Crippen molar-refractivity contribution in [1.29, 1.82) is 0 Å². The predicted octanol–water partition coefficient (Wildman–Crippen LogP) is 6.74. The second-order valence-corrected chi connectivity index (χ2v) is 7.86. The number of rotatable bonds is 8. The summed E-state index contributed by atoms with van der Waals surface area (Å²) in [7, 11) is 0. The highest BCUT2D eigenvalue weighted by Gasteiger charge is 2.15. The lowest BCUT2D eigenvalue weighted by atomic mass is 10.2. The first-order chi connectivity index (χ1) is 14.0. The molecule has 0 aliphatic heterocycles. The first-order valence-electron chi connectivity index (χ1n) is 8.57. The van der Waals surface area contributed by atoms with Gasteiger partial charge in [0.25, 0.3) is 5.69 Å². The lowest BCUT2D eigenvalue weighted by Crippen LogP contribution is -1.94. The monoisotopic (exact) mass is 446 g/mol. The van der Waals surface area contributed by atoms with Crippen molar-refractivity contribution in [2.24, 2.45) is 5.16 Å². The molecule has 3 rings (SSSR count). The van der Waals surface area contributed by atoms with Crippen molar-refractivity contribution in [2.45, 2.75) is 17.3 Å². The van der Waals surface area contributed by atoms with Crippen LogP contribution in [0.1, 0.15) is 16.7 Å². The SMILES string of the molecule is O=[N+]([O-])c1cc(C=NOCc2ccc(Cl)cc2Cl)ccc1SCc1ccccc1. The van der Waals surface area contributed by atoms with Crippen molar-refractivity contribution in [3.8, 4) is 0 Å². The molecule has 0 amide bonds. The molecule has 0 bridgehead atoms. The van der Waals surface area contributed by atoms with Crippen molar-refractivity contribution >= 4 is 46.9 Å². The third-order valence-corrected chi connectivity index (χ3v) is 5.65. The minimum atomic E-state index is -0.390. The van der Waals surface area contributed by atoms with Crippen molar-refractivity contribution < 1.29 is 9.76 Å². The predicted molar refractivity (Wildman–Crippen MR) is 118 cm³/mol. The van der Waals surface area contributed by atoms with Gasteiger partial charge in [-0.2, -0.15) is 0 Å². The molecule has 0 unspecified atom stereocenters. The first-order valence-corrected chi connectivity index (χ1v) is 10.3. The van der Waals surface area contributed by atoms with Crippen molar-refractivity contribution in [3.05, 3.63) is 104 Å². The van der Waals surface area contributed by atoms with E-state index in [0.29, 0.717) is 26.3 Å². The van der Waals surface area contributed by atoms with Crippen LogP contribution in [0.5, 0.6) is 0 Å². The van der Waals surface area contributed by atoms with Gasteiger partial charge in [0.1, 0.15) is 6.61 Å². The van der Waals surface area contributed by atoms with Gasteiger partial charge >= 0.3 is 0 Å². The Morgan fingerprint density at radius 2 is 1.86 bits per heavy atom. The van der Waals surface area contributed by atoms with Gasteiger partial charge in [0, 0.05) is 33.0 Å². The molecule has 3 aromatic carbocycles. The van der Waals surface area contributed by atoms with E-state index in [0.717, 1.165) is 11.1 Å². The molecule has 0 radical (unpaired) electrons. The average Bonchev–Trinajstić information content (AvgIpc) is 2.72. The van der Waals surface area contributed by atoms with Crippen molar-refractivity contribution in [2.75, 3.05) is 0 Å². The molecule has 5 nitrogen and oxygen atoms in total. The number of nitro groups is 1. The molecule has 0 spiro atoms. The minimum absolute atomic E-state index is 0.0376. The Bertz CT molecular complexity index is 1030. The molecule has 3 aromatic rings. The standard InChI is InChI=1S/C21H16Cl2N2O3S/c22-18-8-7-17(19(23)11-18)13-28-24-12-16-6-9-21(20(10-16)25(26)27)29-14-15-4-2-1-3-5-15/h1-12H,13-14H2. The smallest absolute Gasteiger partial charge is 0.283 e. The summed E-state index contributed by atoms with van der Waals surface area (Å²) in [6.45, 7) is 0.166. The highest BCUT2D eigenvalue weighted by Crippen LogP contribution is 2.32. The molecular weight excluding hydrogens is 431 g/mol. The van der Waals surface area contributed by atoms with Crippen LogP contribution in [-0.4, -0.2) is 11.1 Å². The summed E-state index contributed by atoms with van der Waals surface area (Å²) >= 11 is 13.4. The molecule has 0 fully saturated rings. The molecule has 0 aliphatic carbocycles. The van der Waals surface area contributed by atoms with Crippen LogP contribution in [0.25, 0.3) is 0 Å². The van der Waals surface area contributed by atoms with E-state index in [4.69, 9.17) is 28.0 Å². The Kier molecular flexibility index (Phi) is 7.52. The number of halogens is 2. The number of benzene rings is 3. The Balaban J connectivity index is 1.64. The van der Waals surface area contributed by atoms with Crippen LogP contribution in [0.15, 0.2) is 76.8 Å². The number of oxime groups is 1. The van der Waals surface area contributed by atoms with E-state index in [1.165, 1.54) is 24.0 Å². The summed E-state index contributed by atoms with van der Waals surface area (Å²) in [6.07, 6.45) is 1.43. The third kappa shape index (κ3) is 6.22. The van der Waals surface area contributed by atoms with Gasteiger partial charge in [-0.15, -0.1) is 11.8 Å². The maximum absolute atomic E-state index is 11.5. The van der Waals surface area contributed by atoms with Gasteiger partial charge in [0.2, 0.25) is 0 Å². The zero-order valence-corrected chi connectivity index (χ0v) is 17.5. The Morgan fingerprint density at radius 1 is 1.07 bits per heavy atom. The molecule has 0 atom stereocenters. The topological polar surface area (TPSA) is 64.7 Å². The van der Waals surface area contributed by atoms with Gasteiger partial charge < -0.3 is 4.84 Å². The van der Waals surface area contributed by atoms with Gasteiger partial charge in [0.15, 0.2) is 0 Å². The van der Waals surface area contributed by atoms with E-state index in [9.17, 15) is 10.1 Å². The normalized spacial score (nSPS) is 11.0. The zero-order valence-electron chi connectivity index (χ0n) is 15.1. The van der Waals surface area contributed by atoms with Crippen molar-refractivity contribution in [1.82, 2.24) is 0 Å². The Hall–Kier alpha value is -2.54. The number of nitro benzene ring substituents is 1. The van der Waals surface area contributed by atoms with Crippen LogP contribution in [-0.2, 0) is 17.2 Å². The van der Waals surface area contributed by atoms with E-state index in [1.54, 1.807) is 30.3 Å². The van der Waals surface area contributed by atoms with Gasteiger partial charge in [-0.25, -0.2) is 0 Å². The van der Waals surface area contributed by atoms with Crippen LogP contribution in [0.2, 0.25) is 10.0 Å². The molecule has 0 heterocycles. The molecule has 0 saturated heterocycles. The van der Waals surface area contributed by atoms with Crippen LogP contribution in [0, 0.1) is 10.1 Å². The molecule has 29 heavy (non-hydrogen) atoms. The summed E-state index contributed by atoms with van der Waals surface area (Å²) in [5, 5.41) is 16.4. The number of nitrogens with zero attached hydrogens (tertiary/aromatic N) is 2. The molecule has 0 saturated carbocycles. The number of thioether (sulfide) groups is 1. The molecule has 0 aromatic heterocycles. The lowest BCUT2D eigenvalue weighted by Gasteiger charge is -2.05. The van der Waals surface area contributed by atoms with Gasteiger partial charge in [-0.1, -0.05) is 70.8 Å². The van der Waals surface area contributed by atoms with Crippen LogP contribution in [0.3, 0.4) is 0 Å². The van der Waals surface area contributed by atoms with E-state index < -0.39 is 0 Å². The van der Waals surface area contributed by atoms with Gasteiger partial charge in [-0.05, 0) is 23.8 Å². The fourth-order valence-electron chi connectivity index (χ4n) is 2.46. The van der Waals surface area contributed by atoms with Gasteiger partial charge in [-0.3, -0.25) is 10.1 Å². The quantitative estimate of drug-likeness (QED) is 0.166. The fraction of sp³-hybridized carbons (Fsp3) is 0.0952. The molecule has 0 N–H and O–H groups in total. The molecule has 8 heteroatoms. The largest absolute Gasteiger partial charge is 0.391 e. The van der Waals surface area contributed by atoms with E-state index >= 15 is 0 Å². The van der Waals surface area contributed by atoms with Crippen LogP contribution < -0.4 is 0 Å². The highest BCUT2D eigenvalue weighted by molar-refractivity contribution is 7.98. The van der Waals surface area contributed by atoms with Crippen molar-refractivity contribution in [3.63, 3.8) is 0 Å². The van der Waals surface area contributed by atoms with E-state index in [-0.39, 0.29) is 17.2 Å². The summed E-state index contributed by atoms with van der Waals surface area (Å²) in [4.78, 5) is 16.9. The third-order valence-electron chi connectivity index (χ3n) is 3.93. The maximum atomic E-state index is 11.5. The van der Waals surface area contributed by atoms with Crippen LogP contribution in [0.4, 0.5) is 5.69 Å². The molecular formula is C21H16Cl2N2O3S. The van der Waals surface area contributed by atoms with Crippen LogP contribution >= 0.6 is 35.0 Å². The summed E-state index contributed by atoms with van der Waals surface area (Å²) in [6, 6.07) is 19.9. The lowest BCUT2D eigenvalue weighted by molar-refractivity contribution is -0.387. The minimum Gasteiger partial charge on any atom is -0.391 e. The highest BCUT2D eigenvalue weighted by atomic mass is 35.5. The first kappa shape index (κ1) is 21.2.